The van der Waals surface area contributed by atoms with Crippen molar-refractivity contribution in [2.24, 2.45) is 0 Å². The lowest BCUT2D eigenvalue weighted by Crippen LogP contribution is -2.67. The summed E-state index contributed by atoms with van der Waals surface area (Å²) >= 11 is 0. The molecule has 278 valence electrons. The van der Waals surface area contributed by atoms with Gasteiger partial charge < -0.3 is 84.6 Å². The van der Waals surface area contributed by atoms with E-state index in [1.807, 2.05) is 0 Å². The molecule has 0 amide bonds. The van der Waals surface area contributed by atoms with Crippen molar-refractivity contribution < 1.29 is 84.6 Å². The van der Waals surface area contributed by atoms with Crippen LogP contribution < -0.4 is 0 Å². The topological polar surface area (TPSA) is 278 Å². The Morgan fingerprint density at radius 2 is 0.766 bits per heavy atom. The van der Waals surface area contributed by atoms with Crippen LogP contribution in [0.5, 0.6) is 0 Å². The first-order chi connectivity index (χ1) is 22.6. The summed E-state index contributed by atoms with van der Waals surface area (Å²) in [5.41, 5.74) is 0. The van der Waals surface area contributed by atoms with Gasteiger partial charge in [0, 0.05) is 13.2 Å². The number of hydrogen-bond acceptors (Lipinski definition) is 17. The second-order valence-corrected chi connectivity index (χ2v) is 12.4. The Bertz CT molecular complexity index is 840. The van der Waals surface area contributed by atoms with Gasteiger partial charge in [-0.3, -0.25) is 0 Å². The number of aliphatic hydroxyl groups excluding tert-OH is 11. The predicted molar refractivity (Wildman–Crippen MR) is 158 cm³/mol. The van der Waals surface area contributed by atoms with Crippen LogP contribution in [0.3, 0.4) is 0 Å². The molecule has 0 radical (unpaired) electrons. The number of ether oxygens (including phenoxy) is 6. The van der Waals surface area contributed by atoms with Crippen molar-refractivity contribution in [1.82, 2.24) is 0 Å². The highest BCUT2D eigenvalue weighted by Gasteiger charge is 2.54. The summed E-state index contributed by atoms with van der Waals surface area (Å²) in [7, 11) is 0. The molecule has 0 aromatic rings. The van der Waals surface area contributed by atoms with E-state index in [-0.39, 0.29) is 13.2 Å². The van der Waals surface area contributed by atoms with E-state index in [2.05, 4.69) is 0 Å². The zero-order chi connectivity index (χ0) is 34.5. The highest BCUT2D eigenvalue weighted by atomic mass is 16.8. The van der Waals surface area contributed by atoms with Gasteiger partial charge in [0.2, 0.25) is 0 Å². The van der Waals surface area contributed by atoms with E-state index in [1.165, 1.54) is 0 Å². The minimum absolute atomic E-state index is 0.170. The van der Waals surface area contributed by atoms with Crippen molar-refractivity contribution in [3.8, 4) is 0 Å². The van der Waals surface area contributed by atoms with E-state index in [9.17, 15) is 51.1 Å². The Morgan fingerprint density at radius 3 is 1.26 bits per heavy atom. The van der Waals surface area contributed by atoms with Crippen molar-refractivity contribution >= 4 is 0 Å². The third-order valence-corrected chi connectivity index (χ3v) is 8.91. The van der Waals surface area contributed by atoms with Gasteiger partial charge in [-0.1, -0.05) is 51.4 Å². The van der Waals surface area contributed by atoms with Crippen LogP contribution >= 0.6 is 0 Å². The molecule has 15 atom stereocenters. The molecule has 0 aromatic carbocycles. The summed E-state index contributed by atoms with van der Waals surface area (Å²) in [6, 6.07) is 0. The zero-order valence-corrected chi connectivity index (χ0v) is 26.6. The molecule has 3 fully saturated rings. The average molecular weight is 689 g/mol. The van der Waals surface area contributed by atoms with Gasteiger partial charge >= 0.3 is 0 Å². The Kier molecular flexibility index (Phi) is 18.1. The maximum Gasteiger partial charge on any atom is 0.187 e. The van der Waals surface area contributed by atoms with Gasteiger partial charge in [0.05, 0.1) is 19.8 Å². The number of rotatable bonds is 20. The van der Waals surface area contributed by atoms with Crippen molar-refractivity contribution in [1.29, 1.82) is 0 Å². The zero-order valence-electron chi connectivity index (χ0n) is 26.6. The van der Waals surface area contributed by atoms with Gasteiger partial charge in [-0.2, -0.15) is 0 Å². The van der Waals surface area contributed by atoms with Crippen molar-refractivity contribution in [3.63, 3.8) is 0 Å². The molecule has 3 aliphatic heterocycles. The van der Waals surface area contributed by atoms with Crippen LogP contribution in [0, 0.1) is 0 Å². The summed E-state index contributed by atoms with van der Waals surface area (Å²) in [4.78, 5) is 0. The molecule has 3 saturated heterocycles. The SMILES string of the molecule is OCCCCCCCCCCCCO[C@H]1OC(CO)[C@@H](O)[C@H](O)C1O[C@H]1OC(CO)[C@@H](O)[C@H](O)C1O[C@@H]1OC(CO)[C@@H](O)[C@H](O)C1O. The van der Waals surface area contributed by atoms with Crippen LogP contribution in [-0.4, -0.2) is 181 Å². The van der Waals surface area contributed by atoms with Crippen LogP contribution in [-0.2, 0) is 28.4 Å². The molecule has 47 heavy (non-hydrogen) atoms. The first-order valence-electron chi connectivity index (χ1n) is 16.7. The summed E-state index contributed by atoms with van der Waals surface area (Å²) in [6.45, 7) is -1.78. The lowest BCUT2D eigenvalue weighted by Gasteiger charge is -2.48. The quantitative estimate of drug-likeness (QED) is 0.0550. The first-order valence-corrected chi connectivity index (χ1v) is 16.7. The minimum Gasteiger partial charge on any atom is -0.396 e. The van der Waals surface area contributed by atoms with Gasteiger partial charge in [-0.05, 0) is 12.8 Å². The molecule has 0 saturated carbocycles. The van der Waals surface area contributed by atoms with Gasteiger partial charge in [0.1, 0.15) is 73.2 Å². The molecule has 0 aromatic heterocycles. The molecular weight excluding hydrogens is 632 g/mol. The maximum atomic E-state index is 11.0. The fourth-order valence-electron chi connectivity index (χ4n) is 5.96. The van der Waals surface area contributed by atoms with Crippen LogP contribution in [0.2, 0.25) is 0 Å². The molecule has 0 aliphatic carbocycles. The molecular formula is C30H56O17. The Morgan fingerprint density at radius 1 is 0.383 bits per heavy atom. The molecule has 0 spiro atoms. The van der Waals surface area contributed by atoms with Gasteiger partial charge in [0.15, 0.2) is 18.9 Å². The summed E-state index contributed by atoms with van der Waals surface area (Å²) in [5, 5.41) is 112. The second-order valence-electron chi connectivity index (χ2n) is 12.4. The highest BCUT2D eigenvalue weighted by molar-refractivity contribution is 4.96. The third-order valence-electron chi connectivity index (χ3n) is 8.91. The minimum atomic E-state index is -1.88. The molecule has 6 unspecified atom stereocenters. The normalized spacial score (nSPS) is 41.3. The largest absolute Gasteiger partial charge is 0.396 e. The molecule has 0 bridgehead atoms. The van der Waals surface area contributed by atoms with E-state index >= 15 is 0 Å². The Labute approximate surface area is 274 Å². The monoisotopic (exact) mass is 688 g/mol. The molecule has 17 nitrogen and oxygen atoms in total. The highest BCUT2D eigenvalue weighted by Crippen LogP contribution is 2.33. The Hall–Kier alpha value is -0.680. The number of hydrogen-bond donors (Lipinski definition) is 11. The lowest BCUT2D eigenvalue weighted by molar-refractivity contribution is -0.393. The molecule has 3 rings (SSSR count). The van der Waals surface area contributed by atoms with Crippen molar-refractivity contribution in [2.75, 3.05) is 33.0 Å². The fraction of sp³-hybridized carbons (Fsp3) is 1.00. The van der Waals surface area contributed by atoms with Crippen LogP contribution in [0.15, 0.2) is 0 Å². The van der Waals surface area contributed by atoms with E-state index in [1.54, 1.807) is 0 Å². The van der Waals surface area contributed by atoms with Crippen molar-refractivity contribution in [3.05, 3.63) is 0 Å². The molecule has 3 heterocycles. The fourth-order valence-corrected chi connectivity index (χ4v) is 5.96. The maximum absolute atomic E-state index is 11.0. The first kappa shape index (κ1) is 40.7. The number of unbranched alkanes of at least 4 members (excludes halogenated alkanes) is 9. The van der Waals surface area contributed by atoms with Crippen LogP contribution in [0.1, 0.15) is 64.2 Å². The van der Waals surface area contributed by atoms with Crippen LogP contribution in [0.25, 0.3) is 0 Å². The van der Waals surface area contributed by atoms with E-state index in [4.69, 9.17) is 33.5 Å². The summed E-state index contributed by atoms with van der Waals surface area (Å²) in [5.74, 6) is 0. The standard InChI is InChI=1S/C30H56O17/c31-11-9-7-5-3-1-2-4-6-8-10-12-42-29-26(23(39)20(36)17(14-33)44-29)47-30-27(24(40)21(37)18(15-34)45-30)46-28-25(41)22(38)19(35)16(13-32)43-28/h16-41H,1-15H2/t16?,17?,18?,19-,20-,21-,22+,23+,24+,25?,26?,27?,28+,29+,30-/m1/s1. The second kappa shape index (κ2) is 20.9. The number of aliphatic hydroxyl groups is 11. The van der Waals surface area contributed by atoms with E-state index in [0.29, 0.717) is 6.42 Å². The van der Waals surface area contributed by atoms with Gasteiger partial charge in [-0.25, -0.2) is 0 Å². The van der Waals surface area contributed by atoms with Gasteiger partial charge in [-0.15, -0.1) is 0 Å². The summed E-state index contributed by atoms with van der Waals surface area (Å²) < 4.78 is 34.2. The third kappa shape index (κ3) is 11.2. The smallest absolute Gasteiger partial charge is 0.187 e. The molecule has 11 N–H and O–H groups in total. The van der Waals surface area contributed by atoms with Crippen molar-refractivity contribution in [2.45, 2.75) is 156 Å². The molecule has 17 heteroatoms. The molecule has 3 aliphatic rings. The Balaban J connectivity index is 1.64. The van der Waals surface area contributed by atoms with Crippen LogP contribution in [0.4, 0.5) is 0 Å². The lowest BCUT2D eigenvalue weighted by atomic mass is 9.96. The predicted octanol–water partition coefficient (Wildman–Crippen LogP) is -3.66. The average Bonchev–Trinajstić information content (AvgIpc) is 3.07. The summed E-state index contributed by atoms with van der Waals surface area (Å²) in [6.07, 6.45) is -14.5. The van der Waals surface area contributed by atoms with E-state index < -0.39 is 112 Å². The van der Waals surface area contributed by atoms with E-state index in [0.717, 1.165) is 57.8 Å². The van der Waals surface area contributed by atoms with Gasteiger partial charge in [0.25, 0.3) is 0 Å².